The van der Waals surface area contributed by atoms with E-state index in [-0.39, 0.29) is 18.0 Å². The predicted molar refractivity (Wildman–Crippen MR) is 125 cm³/mol. The lowest BCUT2D eigenvalue weighted by molar-refractivity contribution is 0.0537. The number of fused-ring (bicyclic) bond motifs is 1. The van der Waals surface area contributed by atoms with E-state index in [1.54, 1.807) is 6.07 Å². The molecule has 170 valence electrons. The first-order valence-electron chi connectivity index (χ1n) is 11.4. The number of aromatic nitrogens is 2. The zero-order valence-electron chi connectivity index (χ0n) is 19.3. The lowest BCUT2D eigenvalue weighted by Gasteiger charge is -2.36. The lowest BCUT2D eigenvalue weighted by atomic mass is 10.0. The standard InChI is InChI=1S/C26H33FN4O/c1-4-30(26(2,3)19-32)18-24-22-17-29(16-20-10-8-9-13-23(20)27)15-14-25(22)31(28-24)21-11-6-5-7-12-21/h5-13,32H,4,14-19H2,1-3H3. The number of hydrogen-bond donors (Lipinski definition) is 1. The minimum absolute atomic E-state index is 0.0852. The molecule has 0 fully saturated rings. The minimum Gasteiger partial charge on any atom is -0.394 e. The second-order valence-electron chi connectivity index (χ2n) is 9.16. The molecule has 0 aliphatic carbocycles. The molecule has 6 heteroatoms. The van der Waals surface area contributed by atoms with Crippen molar-refractivity contribution in [3.8, 4) is 5.69 Å². The van der Waals surface area contributed by atoms with Crippen molar-refractivity contribution in [2.24, 2.45) is 0 Å². The van der Waals surface area contributed by atoms with Crippen molar-refractivity contribution in [3.63, 3.8) is 0 Å². The van der Waals surface area contributed by atoms with Crippen LogP contribution in [0.2, 0.25) is 0 Å². The van der Waals surface area contributed by atoms with Gasteiger partial charge in [0.1, 0.15) is 5.82 Å². The third-order valence-corrected chi connectivity index (χ3v) is 6.54. The topological polar surface area (TPSA) is 44.5 Å². The quantitative estimate of drug-likeness (QED) is 0.576. The fourth-order valence-electron chi connectivity index (χ4n) is 4.49. The van der Waals surface area contributed by atoms with E-state index in [9.17, 15) is 9.50 Å². The van der Waals surface area contributed by atoms with Crippen LogP contribution in [-0.4, -0.2) is 49.9 Å². The summed E-state index contributed by atoms with van der Waals surface area (Å²) in [6.07, 6.45) is 0.862. The Balaban J connectivity index is 1.68. The molecule has 5 nitrogen and oxygen atoms in total. The second kappa shape index (κ2) is 9.53. The highest BCUT2D eigenvalue weighted by molar-refractivity contribution is 5.39. The Bertz CT molecular complexity index is 1050. The van der Waals surface area contributed by atoms with E-state index in [0.717, 1.165) is 43.0 Å². The van der Waals surface area contributed by atoms with E-state index in [1.165, 1.54) is 17.3 Å². The summed E-state index contributed by atoms with van der Waals surface area (Å²) in [5.74, 6) is -0.152. The summed E-state index contributed by atoms with van der Waals surface area (Å²) in [7, 11) is 0. The van der Waals surface area contributed by atoms with Crippen molar-refractivity contribution in [2.75, 3.05) is 19.7 Å². The first kappa shape index (κ1) is 22.6. The first-order chi connectivity index (χ1) is 15.4. The number of rotatable bonds is 8. The molecule has 1 aliphatic rings. The van der Waals surface area contributed by atoms with Gasteiger partial charge in [-0.15, -0.1) is 0 Å². The predicted octanol–water partition coefficient (Wildman–Crippen LogP) is 4.16. The fraction of sp³-hybridized carbons (Fsp3) is 0.423. The van der Waals surface area contributed by atoms with Gasteiger partial charge in [0, 0.05) is 49.3 Å². The minimum atomic E-state index is -0.334. The molecule has 1 aliphatic heterocycles. The molecule has 3 aromatic rings. The van der Waals surface area contributed by atoms with Crippen LogP contribution in [0.1, 0.15) is 43.3 Å². The fourth-order valence-corrected chi connectivity index (χ4v) is 4.49. The van der Waals surface area contributed by atoms with Crippen molar-refractivity contribution in [1.82, 2.24) is 19.6 Å². The van der Waals surface area contributed by atoms with Crippen LogP contribution in [0.15, 0.2) is 54.6 Å². The molecular formula is C26H33FN4O. The van der Waals surface area contributed by atoms with E-state index in [2.05, 4.69) is 47.4 Å². The summed E-state index contributed by atoms with van der Waals surface area (Å²) < 4.78 is 16.3. The van der Waals surface area contributed by atoms with E-state index in [4.69, 9.17) is 5.10 Å². The van der Waals surface area contributed by atoms with Crippen LogP contribution in [0.5, 0.6) is 0 Å². The van der Waals surface area contributed by atoms with Crippen molar-refractivity contribution < 1.29 is 9.50 Å². The smallest absolute Gasteiger partial charge is 0.127 e. The van der Waals surface area contributed by atoms with Crippen LogP contribution in [0.3, 0.4) is 0 Å². The zero-order valence-corrected chi connectivity index (χ0v) is 19.3. The Labute approximate surface area is 190 Å². The van der Waals surface area contributed by atoms with Gasteiger partial charge in [0.05, 0.1) is 23.7 Å². The van der Waals surface area contributed by atoms with Crippen molar-refractivity contribution in [2.45, 2.75) is 52.4 Å². The summed E-state index contributed by atoms with van der Waals surface area (Å²) in [5, 5.41) is 15.0. The Morgan fingerprint density at radius 2 is 1.81 bits per heavy atom. The number of nitrogens with zero attached hydrogens (tertiary/aromatic N) is 4. The Morgan fingerprint density at radius 3 is 2.50 bits per heavy atom. The number of likely N-dealkylation sites (N-methyl/N-ethyl adjacent to an activating group) is 1. The Kier molecular flexibility index (Phi) is 6.74. The van der Waals surface area contributed by atoms with Crippen molar-refractivity contribution in [1.29, 1.82) is 0 Å². The third-order valence-electron chi connectivity index (χ3n) is 6.54. The monoisotopic (exact) mass is 436 g/mol. The van der Waals surface area contributed by atoms with Gasteiger partial charge in [-0.05, 0) is 38.6 Å². The molecule has 32 heavy (non-hydrogen) atoms. The molecule has 0 amide bonds. The highest BCUT2D eigenvalue weighted by Crippen LogP contribution is 2.29. The highest BCUT2D eigenvalue weighted by Gasteiger charge is 2.30. The molecule has 2 aromatic carbocycles. The van der Waals surface area contributed by atoms with Gasteiger partial charge in [-0.2, -0.15) is 5.10 Å². The largest absolute Gasteiger partial charge is 0.394 e. The molecule has 0 unspecified atom stereocenters. The summed E-state index contributed by atoms with van der Waals surface area (Å²) >= 11 is 0. The van der Waals surface area contributed by atoms with E-state index in [1.807, 2.05) is 30.3 Å². The molecule has 0 bridgehead atoms. The molecule has 1 aromatic heterocycles. The van der Waals surface area contributed by atoms with Crippen LogP contribution in [0, 0.1) is 5.82 Å². The molecule has 0 spiro atoms. The number of benzene rings is 2. The van der Waals surface area contributed by atoms with Crippen molar-refractivity contribution >= 4 is 0 Å². The average Bonchev–Trinajstić information content (AvgIpc) is 3.17. The van der Waals surface area contributed by atoms with Gasteiger partial charge in [-0.3, -0.25) is 9.80 Å². The van der Waals surface area contributed by atoms with Gasteiger partial charge < -0.3 is 5.11 Å². The highest BCUT2D eigenvalue weighted by atomic mass is 19.1. The molecule has 0 atom stereocenters. The number of aliphatic hydroxyl groups is 1. The van der Waals surface area contributed by atoms with Crippen LogP contribution in [0.4, 0.5) is 4.39 Å². The maximum atomic E-state index is 14.3. The van der Waals surface area contributed by atoms with Gasteiger partial charge in [-0.1, -0.05) is 43.3 Å². The Hall–Kier alpha value is -2.54. The van der Waals surface area contributed by atoms with Gasteiger partial charge in [-0.25, -0.2) is 9.07 Å². The normalized spacial score (nSPS) is 14.7. The van der Waals surface area contributed by atoms with Crippen LogP contribution < -0.4 is 0 Å². The second-order valence-corrected chi connectivity index (χ2v) is 9.16. The van der Waals surface area contributed by atoms with E-state index >= 15 is 0 Å². The first-order valence-corrected chi connectivity index (χ1v) is 11.4. The number of para-hydroxylation sites is 1. The molecule has 0 radical (unpaired) electrons. The maximum absolute atomic E-state index is 14.3. The van der Waals surface area contributed by atoms with Gasteiger partial charge >= 0.3 is 0 Å². The molecule has 1 N–H and O–H groups in total. The zero-order chi connectivity index (χ0) is 22.7. The molecule has 0 saturated carbocycles. The summed E-state index contributed by atoms with van der Waals surface area (Å²) in [6, 6.07) is 17.3. The van der Waals surface area contributed by atoms with E-state index in [0.29, 0.717) is 13.1 Å². The maximum Gasteiger partial charge on any atom is 0.127 e. The van der Waals surface area contributed by atoms with E-state index < -0.39 is 0 Å². The number of hydrogen-bond acceptors (Lipinski definition) is 4. The molecule has 0 saturated heterocycles. The van der Waals surface area contributed by atoms with Crippen LogP contribution >= 0.6 is 0 Å². The van der Waals surface area contributed by atoms with Crippen LogP contribution in [0.25, 0.3) is 5.69 Å². The molecule has 4 rings (SSSR count). The van der Waals surface area contributed by atoms with Crippen LogP contribution in [-0.2, 0) is 26.1 Å². The lowest BCUT2D eigenvalue weighted by Crippen LogP contribution is -2.46. The SMILES string of the molecule is CCN(Cc1nn(-c2ccccc2)c2c1CN(Cc1ccccc1F)CC2)C(C)(C)CO. The molecular weight excluding hydrogens is 403 g/mol. The number of aliphatic hydroxyl groups excluding tert-OH is 1. The average molecular weight is 437 g/mol. The van der Waals surface area contributed by atoms with Gasteiger partial charge in [0.15, 0.2) is 0 Å². The summed E-state index contributed by atoms with van der Waals surface area (Å²) in [5.41, 5.74) is 4.94. The Morgan fingerprint density at radius 1 is 1.09 bits per heavy atom. The van der Waals surface area contributed by atoms with Gasteiger partial charge in [0.2, 0.25) is 0 Å². The number of halogens is 1. The third kappa shape index (κ3) is 4.63. The van der Waals surface area contributed by atoms with Gasteiger partial charge in [0.25, 0.3) is 0 Å². The molecule has 2 heterocycles. The summed E-state index contributed by atoms with van der Waals surface area (Å²) in [4.78, 5) is 4.56. The van der Waals surface area contributed by atoms with Crippen molar-refractivity contribution in [3.05, 3.63) is 82.9 Å². The summed E-state index contributed by atoms with van der Waals surface area (Å²) in [6.45, 7) is 9.98.